The first-order chi connectivity index (χ1) is 12.6. The molecule has 1 aliphatic heterocycles. The van der Waals surface area contributed by atoms with Crippen LogP contribution in [0.5, 0.6) is 0 Å². The van der Waals surface area contributed by atoms with E-state index in [1.807, 2.05) is 20.8 Å². The molecule has 2 fully saturated rings. The molecule has 2 bridgehead atoms. The van der Waals surface area contributed by atoms with E-state index in [4.69, 9.17) is 5.11 Å². The van der Waals surface area contributed by atoms with Crippen LogP contribution in [0.15, 0.2) is 29.2 Å². The minimum atomic E-state index is -3.70. The van der Waals surface area contributed by atoms with E-state index in [1.54, 1.807) is 0 Å². The number of aliphatic hydroxyl groups is 1. The quantitative estimate of drug-likeness (QED) is 0.564. The molecule has 2 atom stereocenters. The molecular formula is C19H26N2O5S. The zero-order chi connectivity index (χ0) is 20.0. The van der Waals surface area contributed by atoms with Crippen molar-refractivity contribution in [1.82, 2.24) is 4.72 Å². The Bertz CT molecular complexity index is 863. The second-order valence-electron chi connectivity index (χ2n) is 8.09. The normalized spacial score (nSPS) is 27.3. The molecule has 0 spiro atoms. The van der Waals surface area contributed by atoms with Crippen LogP contribution in [0.2, 0.25) is 0 Å². The number of imide groups is 1. The standard InChI is InChI=1S/C19H26N2O5S/c1-18(2)15-9-10-19(18,3)17(24)21(16(15)23)13-5-7-14(8-6-13)27(25,26)20-11-4-12-22/h5-8,15,20,22H,4,9-12H2,1-3H3/t15-,19+/m0/s1. The number of rotatable bonds is 6. The molecular weight excluding hydrogens is 368 g/mol. The molecule has 3 rings (SSSR count). The zero-order valence-electron chi connectivity index (χ0n) is 15.9. The van der Waals surface area contributed by atoms with E-state index in [0.29, 0.717) is 24.9 Å². The van der Waals surface area contributed by atoms with E-state index in [-0.39, 0.29) is 35.8 Å². The summed E-state index contributed by atoms with van der Waals surface area (Å²) < 4.78 is 26.9. The highest BCUT2D eigenvalue weighted by Crippen LogP contribution is 2.60. The van der Waals surface area contributed by atoms with E-state index in [9.17, 15) is 18.0 Å². The monoisotopic (exact) mass is 394 g/mol. The van der Waals surface area contributed by atoms with Gasteiger partial charge in [0.25, 0.3) is 0 Å². The topological polar surface area (TPSA) is 104 Å². The number of benzene rings is 1. The molecule has 0 unspecified atom stereocenters. The third kappa shape index (κ3) is 2.99. The molecule has 2 amide bonds. The number of hydrogen-bond acceptors (Lipinski definition) is 5. The molecule has 1 heterocycles. The van der Waals surface area contributed by atoms with Gasteiger partial charge in [0.1, 0.15) is 0 Å². The van der Waals surface area contributed by atoms with Crippen LogP contribution in [0, 0.1) is 16.7 Å². The Hall–Kier alpha value is -1.77. The third-order valence-corrected chi connectivity index (χ3v) is 7.93. The first-order valence-corrected chi connectivity index (χ1v) is 10.6. The maximum atomic E-state index is 13.1. The Morgan fingerprint density at radius 2 is 1.81 bits per heavy atom. The number of fused-ring (bicyclic) bond motifs is 2. The van der Waals surface area contributed by atoms with Crippen molar-refractivity contribution in [3.63, 3.8) is 0 Å². The molecule has 1 saturated carbocycles. The smallest absolute Gasteiger partial charge is 0.240 e. The Morgan fingerprint density at radius 1 is 1.19 bits per heavy atom. The van der Waals surface area contributed by atoms with Gasteiger partial charge >= 0.3 is 0 Å². The van der Waals surface area contributed by atoms with Crippen LogP contribution in [0.25, 0.3) is 0 Å². The van der Waals surface area contributed by atoms with Crippen molar-refractivity contribution in [1.29, 1.82) is 0 Å². The highest BCUT2D eigenvalue weighted by Gasteiger charge is 2.64. The average Bonchev–Trinajstić information content (AvgIpc) is 2.79. The summed E-state index contributed by atoms with van der Waals surface area (Å²) in [6.07, 6.45) is 1.68. The van der Waals surface area contributed by atoms with Crippen molar-refractivity contribution in [2.24, 2.45) is 16.7 Å². The number of piperidine rings is 1. The summed E-state index contributed by atoms with van der Waals surface area (Å²) in [7, 11) is -3.70. The summed E-state index contributed by atoms with van der Waals surface area (Å²) >= 11 is 0. The lowest BCUT2D eigenvalue weighted by Crippen LogP contribution is -2.59. The Morgan fingerprint density at radius 3 is 2.41 bits per heavy atom. The third-order valence-electron chi connectivity index (χ3n) is 6.45. The van der Waals surface area contributed by atoms with Crippen LogP contribution in [0.3, 0.4) is 0 Å². The molecule has 148 valence electrons. The van der Waals surface area contributed by atoms with Gasteiger partial charge in [-0.2, -0.15) is 0 Å². The van der Waals surface area contributed by atoms with Crippen molar-refractivity contribution >= 4 is 27.5 Å². The number of hydrogen-bond donors (Lipinski definition) is 2. The fraction of sp³-hybridized carbons (Fsp3) is 0.579. The SMILES string of the molecule is CC1(C)[C@H]2CC[C@]1(C)C(=O)N(c1ccc(S(=O)(=O)NCCCO)cc1)C2=O. The van der Waals surface area contributed by atoms with Gasteiger partial charge in [0.2, 0.25) is 21.8 Å². The minimum absolute atomic E-state index is 0.0515. The number of nitrogens with one attached hydrogen (secondary N) is 1. The second kappa shape index (κ2) is 6.68. The maximum absolute atomic E-state index is 13.1. The van der Waals surface area contributed by atoms with Crippen molar-refractivity contribution in [2.45, 2.75) is 44.9 Å². The first kappa shape index (κ1) is 20.0. The van der Waals surface area contributed by atoms with E-state index in [1.165, 1.54) is 29.2 Å². The number of carbonyl (C=O) groups excluding carboxylic acids is 2. The first-order valence-electron chi connectivity index (χ1n) is 9.15. The van der Waals surface area contributed by atoms with Crippen molar-refractivity contribution in [2.75, 3.05) is 18.1 Å². The summed E-state index contributed by atoms with van der Waals surface area (Å²) in [5.74, 6) is -0.650. The summed E-state index contributed by atoms with van der Waals surface area (Å²) in [6.45, 7) is 5.91. The molecule has 1 aromatic rings. The summed E-state index contributed by atoms with van der Waals surface area (Å²) in [5.41, 5.74) is -0.604. The van der Waals surface area contributed by atoms with Crippen LogP contribution >= 0.6 is 0 Å². The highest BCUT2D eigenvalue weighted by molar-refractivity contribution is 7.89. The molecule has 1 aliphatic carbocycles. The van der Waals surface area contributed by atoms with Gasteiger partial charge in [-0.3, -0.25) is 9.59 Å². The fourth-order valence-corrected chi connectivity index (χ4v) is 5.28. The van der Waals surface area contributed by atoms with E-state index >= 15 is 0 Å². The predicted octanol–water partition coefficient (Wildman–Crippen LogP) is 1.66. The van der Waals surface area contributed by atoms with Crippen LogP contribution < -0.4 is 9.62 Å². The maximum Gasteiger partial charge on any atom is 0.240 e. The Labute approximate surface area is 159 Å². The second-order valence-corrected chi connectivity index (χ2v) is 9.86. The van der Waals surface area contributed by atoms with Gasteiger partial charge < -0.3 is 5.11 Å². The largest absolute Gasteiger partial charge is 0.396 e. The minimum Gasteiger partial charge on any atom is -0.396 e. The number of carbonyl (C=O) groups is 2. The van der Waals surface area contributed by atoms with Gasteiger partial charge in [-0.05, 0) is 48.9 Å². The fourth-order valence-electron chi connectivity index (χ4n) is 4.21. The van der Waals surface area contributed by atoms with Gasteiger partial charge in [0.15, 0.2) is 0 Å². The zero-order valence-corrected chi connectivity index (χ0v) is 16.7. The lowest BCUT2D eigenvalue weighted by Gasteiger charge is -2.47. The van der Waals surface area contributed by atoms with Crippen molar-refractivity contribution < 1.29 is 23.1 Å². The number of nitrogens with zero attached hydrogens (tertiary/aromatic N) is 1. The summed E-state index contributed by atoms with van der Waals surface area (Å²) in [5, 5.41) is 8.77. The number of anilines is 1. The van der Waals surface area contributed by atoms with Crippen molar-refractivity contribution in [3.8, 4) is 0 Å². The molecule has 0 aromatic heterocycles. The molecule has 2 N–H and O–H groups in total. The predicted molar refractivity (Wildman–Crippen MR) is 100 cm³/mol. The van der Waals surface area contributed by atoms with Gasteiger partial charge in [-0.15, -0.1) is 0 Å². The average molecular weight is 394 g/mol. The van der Waals surface area contributed by atoms with E-state index in [2.05, 4.69) is 4.72 Å². The van der Waals surface area contributed by atoms with Crippen LogP contribution in [0.4, 0.5) is 5.69 Å². The number of amides is 2. The Kier molecular flexibility index (Phi) is 4.95. The molecule has 2 aliphatic rings. The van der Waals surface area contributed by atoms with Crippen LogP contribution in [0.1, 0.15) is 40.0 Å². The summed E-state index contributed by atoms with van der Waals surface area (Å²) in [4.78, 5) is 27.4. The number of sulfonamides is 1. The van der Waals surface area contributed by atoms with E-state index in [0.717, 1.165) is 0 Å². The lowest BCUT2D eigenvalue weighted by molar-refractivity contribution is -0.146. The van der Waals surface area contributed by atoms with Gasteiger partial charge in [-0.25, -0.2) is 18.0 Å². The van der Waals surface area contributed by atoms with Crippen molar-refractivity contribution in [3.05, 3.63) is 24.3 Å². The van der Waals surface area contributed by atoms with Gasteiger partial charge in [0, 0.05) is 19.1 Å². The lowest BCUT2D eigenvalue weighted by atomic mass is 9.62. The highest BCUT2D eigenvalue weighted by atomic mass is 32.2. The molecule has 1 aromatic carbocycles. The molecule has 1 saturated heterocycles. The molecule has 0 radical (unpaired) electrons. The Balaban J connectivity index is 1.88. The van der Waals surface area contributed by atoms with Gasteiger partial charge in [-0.1, -0.05) is 20.8 Å². The van der Waals surface area contributed by atoms with Crippen LogP contribution in [-0.4, -0.2) is 38.5 Å². The van der Waals surface area contributed by atoms with Crippen LogP contribution in [-0.2, 0) is 19.6 Å². The molecule has 8 heteroatoms. The number of aliphatic hydroxyl groups excluding tert-OH is 1. The summed E-state index contributed by atoms with van der Waals surface area (Å²) in [6, 6.07) is 5.78. The van der Waals surface area contributed by atoms with E-state index < -0.39 is 20.9 Å². The molecule has 27 heavy (non-hydrogen) atoms. The van der Waals surface area contributed by atoms with Gasteiger partial charge in [0.05, 0.1) is 16.0 Å². The molecule has 7 nitrogen and oxygen atoms in total.